The predicted octanol–water partition coefficient (Wildman–Crippen LogP) is 7.29. The predicted molar refractivity (Wildman–Crippen MR) is 140 cm³/mol. The van der Waals surface area contributed by atoms with Gasteiger partial charge in [0.25, 0.3) is 0 Å². The normalized spacial score (nSPS) is 12.1. The van der Waals surface area contributed by atoms with Gasteiger partial charge in [0.1, 0.15) is 11.2 Å². The Bertz CT molecular complexity index is 2060. The fraction of sp³-hybridized carbons (Fsp3) is 0. The van der Waals surface area contributed by atoms with Gasteiger partial charge < -0.3 is 4.57 Å². The molecule has 4 heteroatoms. The van der Waals surface area contributed by atoms with Crippen molar-refractivity contribution in [2.24, 2.45) is 0 Å². The van der Waals surface area contributed by atoms with Gasteiger partial charge in [0.05, 0.1) is 28.3 Å². The first kappa shape index (κ1) is 17.8. The smallest absolute Gasteiger partial charge is 0.146 e. The van der Waals surface area contributed by atoms with E-state index < -0.39 is 0 Å². The Hall–Kier alpha value is -4.70. The monoisotopic (exact) mass is 434 g/mol. The van der Waals surface area contributed by atoms with Gasteiger partial charge in [0.2, 0.25) is 0 Å². The van der Waals surface area contributed by atoms with Crippen LogP contribution in [0.2, 0.25) is 0 Å². The number of nitrogens with zero attached hydrogens (tertiary/aromatic N) is 4. The molecule has 0 fully saturated rings. The quantitative estimate of drug-likeness (QED) is 0.254. The summed E-state index contributed by atoms with van der Waals surface area (Å²) in [7, 11) is 0. The van der Waals surface area contributed by atoms with Gasteiger partial charge in [0.15, 0.2) is 0 Å². The van der Waals surface area contributed by atoms with Crippen LogP contribution in [0.1, 0.15) is 0 Å². The lowest BCUT2D eigenvalue weighted by Crippen LogP contribution is -1.94. The van der Waals surface area contributed by atoms with Crippen molar-refractivity contribution in [1.29, 1.82) is 0 Å². The van der Waals surface area contributed by atoms with Crippen LogP contribution in [0.25, 0.3) is 65.8 Å². The van der Waals surface area contributed by atoms with Crippen molar-refractivity contribution in [2.45, 2.75) is 0 Å². The molecule has 0 aliphatic rings. The maximum Gasteiger partial charge on any atom is 0.146 e. The maximum atomic E-state index is 5.04. The standard InChI is InChI=1S/C30H18N4/c1-2-8-19(9-3-1)33-26-12-6-5-11-21(26)23-16-24-22(17-29(23)33)20-10-4-7-13-27(20)34-28-14-15-31-18-25(28)32-30(24)34/h1-18H. The van der Waals surface area contributed by atoms with Crippen molar-refractivity contribution < 1.29 is 0 Å². The van der Waals surface area contributed by atoms with E-state index in [1.54, 1.807) is 0 Å². The molecule has 4 heterocycles. The molecule has 0 amide bonds. The Morgan fingerprint density at radius 2 is 1.26 bits per heavy atom. The van der Waals surface area contributed by atoms with E-state index in [4.69, 9.17) is 4.98 Å². The summed E-state index contributed by atoms with van der Waals surface area (Å²) >= 11 is 0. The molecule has 4 nitrogen and oxygen atoms in total. The summed E-state index contributed by atoms with van der Waals surface area (Å²) in [5.41, 5.74) is 7.68. The molecule has 0 saturated heterocycles. The van der Waals surface area contributed by atoms with Crippen molar-refractivity contribution >= 4 is 60.2 Å². The van der Waals surface area contributed by atoms with E-state index in [-0.39, 0.29) is 0 Å². The van der Waals surface area contributed by atoms with E-state index in [0.29, 0.717) is 0 Å². The molecule has 0 saturated carbocycles. The summed E-state index contributed by atoms with van der Waals surface area (Å²) in [5, 5.41) is 6.05. The summed E-state index contributed by atoms with van der Waals surface area (Å²) in [4.78, 5) is 9.36. The Morgan fingerprint density at radius 3 is 2.12 bits per heavy atom. The van der Waals surface area contributed by atoms with Gasteiger partial charge in [0, 0.05) is 33.4 Å². The number of rotatable bonds is 1. The van der Waals surface area contributed by atoms with Gasteiger partial charge >= 0.3 is 0 Å². The molecule has 0 unspecified atom stereocenters. The number of aromatic nitrogens is 4. The van der Waals surface area contributed by atoms with Crippen LogP contribution in [0.15, 0.2) is 109 Å². The second-order valence-corrected chi connectivity index (χ2v) is 8.76. The van der Waals surface area contributed by atoms with E-state index in [2.05, 4.69) is 105 Å². The highest BCUT2D eigenvalue weighted by Crippen LogP contribution is 2.39. The number of hydrogen-bond acceptors (Lipinski definition) is 2. The second kappa shape index (κ2) is 6.42. The van der Waals surface area contributed by atoms with E-state index in [9.17, 15) is 0 Å². The van der Waals surface area contributed by atoms with Gasteiger partial charge in [-0.1, -0.05) is 54.6 Å². The minimum absolute atomic E-state index is 0.909. The number of hydrogen-bond donors (Lipinski definition) is 0. The molecule has 4 aromatic carbocycles. The fourth-order valence-corrected chi connectivity index (χ4v) is 5.53. The average molecular weight is 435 g/mol. The highest BCUT2D eigenvalue weighted by molar-refractivity contribution is 6.21. The molecule has 0 N–H and O–H groups in total. The lowest BCUT2D eigenvalue weighted by atomic mass is 10.0. The third kappa shape index (κ3) is 2.22. The minimum Gasteiger partial charge on any atom is -0.309 e. The van der Waals surface area contributed by atoms with Crippen LogP contribution in [0.4, 0.5) is 0 Å². The SMILES string of the molecule is c1ccc(-n2c3ccccc3c3cc4c(cc32)c2ccccc2n2c3ccncc3nc42)cc1. The summed E-state index contributed by atoms with van der Waals surface area (Å²) in [6.45, 7) is 0. The van der Waals surface area contributed by atoms with Gasteiger partial charge in [-0.05, 0) is 47.9 Å². The van der Waals surface area contributed by atoms with Gasteiger partial charge in [-0.15, -0.1) is 0 Å². The molecule has 8 aromatic rings. The van der Waals surface area contributed by atoms with E-state index in [1.807, 2.05) is 18.5 Å². The molecule has 158 valence electrons. The van der Waals surface area contributed by atoms with Gasteiger partial charge in [-0.2, -0.15) is 0 Å². The highest BCUT2D eigenvalue weighted by Gasteiger charge is 2.18. The van der Waals surface area contributed by atoms with E-state index in [1.165, 1.54) is 32.6 Å². The van der Waals surface area contributed by atoms with Crippen molar-refractivity contribution in [1.82, 2.24) is 18.9 Å². The van der Waals surface area contributed by atoms with Crippen LogP contribution in [-0.2, 0) is 0 Å². The molecule has 0 bridgehead atoms. The topological polar surface area (TPSA) is 35.1 Å². The molecule has 34 heavy (non-hydrogen) atoms. The zero-order valence-corrected chi connectivity index (χ0v) is 18.2. The Kier molecular flexibility index (Phi) is 3.36. The van der Waals surface area contributed by atoms with Crippen LogP contribution < -0.4 is 0 Å². The molecule has 0 aliphatic carbocycles. The zero-order valence-electron chi connectivity index (χ0n) is 18.2. The number of benzene rings is 4. The summed E-state index contributed by atoms with van der Waals surface area (Å²) in [6, 6.07) is 34.6. The number of imidazole rings is 1. The lowest BCUT2D eigenvalue weighted by molar-refractivity contribution is 1.18. The molecule has 0 radical (unpaired) electrons. The van der Waals surface area contributed by atoms with Gasteiger partial charge in [-0.25, -0.2) is 4.98 Å². The molecule has 4 aromatic heterocycles. The summed E-state index contributed by atoms with van der Waals surface area (Å²) in [6.07, 6.45) is 3.69. The lowest BCUT2D eigenvalue weighted by Gasteiger charge is -2.11. The minimum atomic E-state index is 0.909. The Balaban J connectivity index is 1.67. The Morgan fingerprint density at radius 1 is 0.529 bits per heavy atom. The van der Waals surface area contributed by atoms with Crippen LogP contribution >= 0.6 is 0 Å². The summed E-state index contributed by atoms with van der Waals surface area (Å²) in [5.74, 6) is 0. The largest absolute Gasteiger partial charge is 0.309 e. The van der Waals surface area contributed by atoms with Crippen molar-refractivity contribution in [3.05, 3.63) is 109 Å². The van der Waals surface area contributed by atoms with Crippen LogP contribution in [0.5, 0.6) is 0 Å². The maximum absolute atomic E-state index is 5.04. The number of fused-ring (bicyclic) bond motifs is 11. The molecular weight excluding hydrogens is 416 g/mol. The second-order valence-electron chi connectivity index (χ2n) is 8.76. The van der Waals surface area contributed by atoms with Crippen LogP contribution in [0.3, 0.4) is 0 Å². The van der Waals surface area contributed by atoms with Crippen LogP contribution in [0, 0.1) is 0 Å². The fourth-order valence-electron chi connectivity index (χ4n) is 5.53. The average Bonchev–Trinajstić information content (AvgIpc) is 3.44. The van der Waals surface area contributed by atoms with E-state index >= 15 is 0 Å². The highest BCUT2D eigenvalue weighted by atomic mass is 15.0. The number of pyridine rings is 2. The molecule has 0 aliphatic heterocycles. The molecular formula is C30H18N4. The zero-order chi connectivity index (χ0) is 22.2. The van der Waals surface area contributed by atoms with Gasteiger partial charge in [-0.3, -0.25) is 9.38 Å². The van der Waals surface area contributed by atoms with Crippen molar-refractivity contribution in [3.63, 3.8) is 0 Å². The van der Waals surface area contributed by atoms with Crippen LogP contribution in [-0.4, -0.2) is 18.9 Å². The Labute approximate surface area is 194 Å². The first-order valence-electron chi connectivity index (χ1n) is 11.4. The molecule has 0 spiro atoms. The molecule has 8 rings (SSSR count). The van der Waals surface area contributed by atoms with Crippen molar-refractivity contribution in [3.8, 4) is 5.69 Å². The number of para-hydroxylation sites is 3. The first-order valence-corrected chi connectivity index (χ1v) is 11.4. The van der Waals surface area contributed by atoms with E-state index in [0.717, 1.165) is 33.3 Å². The summed E-state index contributed by atoms with van der Waals surface area (Å²) < 4.78 is 4.64. The third-order valence-electron chi connectivity index (χ3n) is 6.96. The first-order chi connectivity index (χ1) is 16.9. The van der Waals surface area contributed by atoms with Crippen molar-refractivity contribution in [2.75, 3.05) is 0 Å². The third-order valence-corrected chi connectivity index (χ3v) is 6.96. The molecule has 0 atom stereocenters.